The Morgan fingerprint density at radius 2 is 1.79 bits per heavy atom. The van der Waals surface area contributed by atoms with Crippen LogP contribution in [0.3, 0.4) is 0 Å². The van der Waals surface area contributed by atoms with E-state index in [2.05, 4.69) is 52.4 Å². The summed E-state index contributed by atoms with van der Waals surface area (Å²) in [5.41, 5.74) is 4.31. The van der Waals surface area contributed by atoms with E-state index in [1.807, 2.05) is 36.5 Å². The van der Waals surface area contributed by atoms with Gasteiger partial charge in [-0.2, -0.15) is 5.10 Å². The van der Waals surface area contributed by atoms with Gasteiger partial charge in [0.05, 0.1) is 43.4 Å². The van der Waals surface area contributed by atoms with Crippen molar-refractivity contribution in [1.29, 1.82) is 0 Å². The van der Waals surface area contributed by atoms with Crippen molar-refractivity contribution >= 4 is 22.8 Å². The molecule has 0 aliphatic carbocycles. The van der Waals surface area contributed by atoms with E-state index < -0.39 is 0 Å². The number of likely N-dealkylation sites (N-methyl/N-ethyl adjacent to an activating group) is 2. The highest BCUT2D eigenvalue weighted by Crippen LogP contribution is 2.34. The lowest BCUT2D eigenvalue weighted by Gasteiger charge is -2.23. The Kier molecular flexibility index (Phi) is 6.60. The fraction of sp³-hybridized carbons (Fsp3) is 0.292. The molecule has 0 unspecified atom stereocenters. The Labute approximate surface area is 193 Å². The first-order valence-corrected chi connectivity index (χ1v) is 10.6. The number of hydrogen-bond acceptors (Lipinski definition) is 8. The topological polar surface area (TPSA) is 80.0 Å². The highest BCUT2D eigenvalue weighted by Gasteiger charge is 2.16. The zero-order valence-corrected chi connectivity index (χ0v) is 19.6. The number of nitrogens with zero attached hydrogens (tertiary/aromatic N) is 6. The second-order valence-corrected chi connectivity index (χ2v) is 7.93. The summed E-state index contributed by atoms with van der Waals surface area (Å²) in [5, 5.41) is 7.70. The van der Waals surface area contributed by atoms with Crippen LogP contribution in [0, 0.1) is 0 Å². The Morgan fingerprint density at radius 1 is 0.970 bits per heavy atom. The van der Waals surface area contributed by atoms with Crippen LogP contribution in [0.4, 0.5) is 17.3 Å². The molecule has 33 heavy (non-hydrogen) atoms. The van der Waals surface area contributed by atoms with E-state index in [0.717, 1.165) is 35.5 Å². The lowest BCUT2D eigenvalue weighted by molar-refractivity contribution is 0.412. The van der Waals surface area contributed by atoms with Gasteiger partial charge in [0.15, 0.2) is 5.75 Å². The largest absolute Gasteiger partial charge is 0.494 e. The minimum Gasteiger partial charge on any atom is -0.494 e. The molecule has 3 aromatic heterocycles. The molecule has 0 saturated carbocycles. The third kappa shape index (κ3) is 4.83. The van der Waals surface area contributed by atoms with Crippen molar-refractivity contribution in [2.45, 2.75) is 0 Å². The van der Waals surface area contributed by atoms with Crippen LogP contribution in [0.2, 0.25) is 0 Å². The molecule has 0 radical (unpaired) electrons. The van der Waals surface area contributed by atoms with Crippen LogP contribution < -0.4 is 19.7 Å². The summed E-state index contributed by atoms with van der Waals surface area (Å²) in [6.45, 7) is 1.87. The lowest BCUT2D eigenvalue weighted by atomic mass is 10.2. The fourth-order valence-electron chi connectivity index (χ4n) is 3.51. The SMILES string of the molecule is COc1cc(N(C)CCN(C)C)ccc1Nc1ncc(OC)c(-c2cnn3ccccc23)n1. The highest BCUT2D eigenvalue weighted by molar-refractivity contribution is 5.81. The molecule has 4 aromatic rings. The lowest BCUT2D eigenvalue weighted by Crippen LogP contribution is -2.28. The molecule has 0 amide bonds. The number of benzene rings is 1. The van der Waals surface area contributed by atoms with Crippen LogP contribution in [-0.4, -0.2) is 72.9 Å². The van der Waals surface area contributed by atoms with Crippen molar-refractivity contribution < 1.29 is 9.47 Å². The molecule has 0 aliphatic rings. The number of hydrogen-bond donors (Lipinski definition) is 1. The average molecular weight is 448 g/mol. The van der Waals surface area contributed by atoms with Gasteiger partial charge in [-0.25, -0.2) is 14.5 Å². The first kappa shape index (κ1) is 22.3. The molecule has 9 heteroatoms. The van der Waals surface area contributed by atoms with Gasteiger partial charge in [0.25, 0.3) is 0 Å². The van der Waals surface area contributed by atoms with Crippen LogP contribution in [0.15, 0.2) is 55.0 Å². The van der Waals surface area contributed by atoms with Crippen LogP contribution in [0.25, 0.3) is 16.8 Å². The van der Waals surface area contributed by atoms with Gasteiger partial charge < -0.3 is 24.6 Å². The maximum atomic E-state index is 5.65. The van der Waals surface area contributed by atoms with E-state index in [1.54, 1.807) is 31.1 Å². The number of rotatable bonds is 9. The normalized spacial score (nSPS) is 11.1. The monoisotopic (exact) mass is 447 g/mol. The summed E-state index contributed by atoms with van der Waals surface area (Å²) in [4.78, 5) is 13.5. The maximum absolute atomic E-state index is 5.65. The van der Waals surface area contributed by atoms with Crippen LogP contribution in [-0.2, 0) is 0 Å². The van der Waals surface area contributed by atoms with Crippen molar-refractivity contribution in [1.82, 2.24) is 24.5 Å². The van der Waals surface area contributed by atoms with Crippen LogP contribution in [0.1, 0.15) is 0 Å². The summed E-state index contributed by atoms with van der Waals surface area (Å²) < 4.78 is 13.0. The minimum atomic E-state index is 0.438. The molecule has 0 bridgehead atoms. The fourth-order valence-corrected chi connectivity index (χ4v) is 3.51. The quantitative estimate of drug-likeness (QED) is 0.417. The minimum absolute atomic E-state index is 0.438. The second kappa shape index (κ2) is 9.74. The summed E-state index contributed by atoms with van der Waals surface area (Å²) in [7, 11) is 9.47. The van der Waals surface area contributed by atoms with E-state index >= 15 is 0 Å². The standard InChI is InChI=1S/C24H29N7O2/c1-29(2)12-13-30(3)17-9-10-19(21(14-17)32-4)27-24-25-16-22(33-5)23(28-24)18-15-26-31-11-7-6-8-20(18)31/h6-11,14-16H,12-13H2,1-5H3,(H,25,27,28). The number of aromatic nitrogens is 4. The molecule has 0 fully saturated rings. The van der Waals surface area contributed by atoms with Gasteiger partial charge in [-0.1, -0.05) is 6.07 Å². The third-order valence-corrected chi connectivity index (χ3v) is 5.41. The summed E-state index contributed by atoms with van der Waals surface area (Å²) in [6.07, 6.45) is 5.34. The summed E-state index contributed by atoms with van der Waals surface area (Å²) in [5.74, 6) is 1.72. The van der Waals surface area contributed by atoms with Gasteiger partial charge in [-0.3, -0.25) is 0 Å². The van der Waals surface area contributed by atoms with Crippen LogP contribution >= 0.6 is 0 Å². The Balaban J connectivity index is 1.63. The second-order valence-electron chi connectivity index (χ2n) is 7.93. The van der Waals surface area contributed by atoms with E-state index in [4.69, 9.17) is 14.5 Å². The number of anilines is 3. The van der Waals surface area contributed by atoms with Crippen molar-refractivity contribution in [3.63, 3.8) is 0 Å². The Bertz CT molecular complexity index is 1240. The molecule has 172 valence electrons. The molecule has 1 N–H and O–H groups in total. The number of pyridine rings is 1. The molecular formula is C24H29N7O2. The van der Waals surface area contributed by atoms with E-state index in [1.165, 1.54) is 0 Å². The Hall–Kier alpha value is -3.85. The Morgan fingerprint density at radius 3 is 2.55 bits per heavy atom. The zero-order valence-electron chi connectivity index (χ0n) is 19.6. The number of methoxy groups -OCH3 is 2. The highest BCUT2D eigenvalue weighted by atomic mass is 16.5. The van der Waals surface area contributed by atoms with E-state index in [9.17, 15) is 0 Å². The van der Waals surface area contributed by atoms with Crippen molar-refractivity contribution in [2.75, 3.05) is 58.7 Å². The average Bonchev–Trinajstić information content (AvgIpc) is 3.26. The molecule has 0 atom stereocenters. The van der Waals surface area contributed by atoms with Crippen molar-refractivity contribution in [2.24, 2.45) is 0 Å². The van der Waals surface area contributed by atoms with Gasteiger partial charge in [0, 0.05) is 38.1 Å². The molecule has 3 heterocycles. The van der Waals surface area contributed by atoms with Crippen LogP contribution in [0.5, 0.6) is 11.5 Å². The van der Waals surface area contributed by atoms with E-state index in [-0.39, 0.29) is 0 Å². The smallest absolute Gasteiger partial charge is 0.228 e. The van der Waals surface area contributed by atoms with Gasteiger partial charge >= 0.3 is 0 Å². The summed E-state index contributed by atoms with van der Waals surface area (Å²) >= 11 is 0. The van der Waals surface area contributed by atoms with Gasteiger partial charge in [-0.15, -0.1) is 0 Å². The first-order valence-electron chi connectivity index (χ1n) is 10.6. The molecular weight excluding hydrogens is 418 g/mol. The van der Waals surface area contributed by atoms with E-state index in [0.29, 0.717) is 23.1 Å². The number of ether oxygens (including phenoxy) is 2. The zero-order chi connectivity index (χ0) is 23.4. The molecule has 4 rings (SSSR count). The van der Waals surface area contributed by atoms with Crippen molar-refractivity contribution in [3.05, 3.63) is 55.0 Å². The molecule has 0 saturated heterocycles. The molecule has 0 spiro atoms. The third-order valence-electron chi connectivity index (χ3n) is 5.41. The van der Waals surface area contributed by atoms with Gasteiger partial charge in [-0.05, 0) is 38.4 Å². The summed E-state index contributed by atoms with van der Waals surface area (Å²) in [6, 6.07) is 11.9. The van der Waals surface area contributed by atoms with Crippen molar-refractivity contribution in [3.8, 4) is 22.8 Å². The molecule has 9 nitrogen and oxygen atoms in total. The first-order chi connectivity index (χ1) is 16.0. The molecule has 0 aliphatic heterocycles. The molecule has 1 aromatic carbocycles. The van der Waals surface area contributed by atoms with Gasteiger partial charge in [0.2, 0.25) is 5.95 Å². The van der Waals surface area contributed by atoms with Gasteiger partial charge in [0.1, 0.15) is 11.4 Å². The number of nitrogens with one attached hydrogen (secondary N) is 1. The maximum Gasteiger partial charge on any atom is 0.228 e. The predicted octanol–water partition coefficient (Wildman–Crippen LogP) is 3.55. The predicted molar refractivity (Wildman–Crippen MR) is 131 cm³/mol. The number of fused-ring (bicyclic) bond motifs is 1.